The number of hydrogen-bond donors (Lipinski definition) is 3. The highest BCUT2D eigenvalue weighted by Gasteiger charge is 2.16. The number of amides is 1. The Morgan fingerprint density at radius 3 is 2.60 bits per heavy atom. The van der Waals surface area contributed by atoms with Gasteiger partial charge in [-0.05, 0) is 79.3 Å². The topological polar surface area (TPSA) is 101 Å². The monoisotopic (exact) mass is 547 g/mol. The fraction of sp³-hybridized carbons (Fsp3) is 0.0385. The number of nitrogens with zero attached hydrogens (tertiary/aromatic N) is 1. The number of rotatable bonds is 4. The predicted molar refractivity (Wildman–Crippen MR) is 141 cm³/mol. The zero-order valence-electron chi connectivity index (χ0n) is 18.3. The molecule has 0 atom stereocenters. The fourth-order valence-corrected chi connectivity index (χ4v) is 3.97. The molecule has 0 aliphatic heterocycles. The van der Waals surface area contributed by atoms with E-state index in [9.17, 15) is 9.90 Å². The molecule has 35 heavy (non-hydrogen) atoms. The van der Waals surface area contributed by atoms with Gasteiger partial charge in [0, 0.05) is 15.7 Å². The van der Waals surface area contributed by atoms with Crippen LogP contribution in [0.15, 0.2) is 86.1 Å². The molecule has 0 saturated heterocycles. The van der Waals surface area contributed by atoms with Gasteiger partial charge >= 0.3 is 0 Å². The number of phenolic OH excluding ortho intramolecular Hbond substituents is 1. The third kappa shape index (κ3) is 4.96. The highest BCUT2D eigenvalue weighted by atomic mass is 79.9. The third-order valence-electron chi connectivity index (χ3n) is 5.21. The number of furan rings is 1. The molecule has 2 heterocycles. The largest absolute Gasteiger partial charge is 0.507 e. The van der Waals surface area contributed by atoms with Gasteiger partial charge < -0.3 is 19.3 Å². The molecule has 5 rings (SSSR count). The predicted octanol–water partition coefficient (Wildman–Crippen LogP) is 6.66. The molecule has 7 nitrogen and oxygen atoms in total. The van der Waals surface area contributed by atoms with Gasteiger partial charge in [0.15, 0.2) is 16.5 Å². The summed E-state index contributed by atoms with van der Waals surface area (Å²) in [6.45, 7) is 1.97. The molecule has 0 radical (unpaired) electrons. The van der Waals surface area contributed by atoms with Crippen LogP contribution in [0.5, 0.6) is 5.75 Å². The van der Waals surface area contributed by atoms with Crippen LogP contribution >= 0.6 is 28.1 Å². The lowest BCUT2D eigenvalue weighted by molar-refractivity contribution is 0.0951. The van der Waals surface area contributed by atoms with E-state index in [0.717, 1.165) is 15.6 Å². The number of aryl methyl sites for hydroxylation is 1. The lowest BCUT2D eigenvalue weighted by Crippen LogP contribution is -2.33. The summed E-state index contributed by atoms with van der Waals surface area (Å²) >= 11 is 8.69. The molecular weight excluding hydrogens is 530 g/mol. The summed E-state index contributed by atoms with van der Waals surface area (Å²) in [5, 5.41) is 16.0. The van der Waals surface area contributed by atoms with Crippen LogP contribution in [0.2, 0.25) is 0 Å². The second-order valence-electron chi connectivity index (χ2n) is 7.80. The van der Waals surface area contributed by atoms with Gasteiger partial charge in [0.1, 0.15) is 17.0 Å². The number of phenols is 1. The number of aromatic hydroxyl groups is 1. The van der Waals surface area contributed by atoms with Crippen molar-refractivity contribution >= 4 is 56.0 Å². The average Bonchev–Trinajstić information content (AvgIpc) is 3.48. The summed E-state index contributed by atoms with van der Waals surface area (Å²) in [5.74, 6) is 0.486. The molecular formula is C26H18BrN3O4S. The first-order valence-corrected chi connectivity index (χ1v) is 11.7. The summed E-state index contributed by atoms with van der Waals surface area (Å²) in [5.41, 5.74) is 4.14. The number of halogens is 1. The van der Waals surface area contributed by atoms with Crippen LogP contribution in [0.3, 0.4) is 0 Å². The quantitative estimate of drug-likeness (QED) is 0.171. The Balaban J connectivity index is 1.29. The van der Waals surface area contributed by atoms with E-state index in [4.69, 9.17) is 21.1 Å². The summed E-state index contributed by atoms with van der Waals surface area (Å²) in [6, 6.07) is 21.3. The molecule has 0 saturated carbocycles. The zero-order chi connectivity index (χ0) is 24.5. The Bertz CT molecular complexity index is 1570. The summed E-state index contributed by atoms with van der Waals surface area (Å²) in [4.78, 5) is 17.1. The van der Waals surface area contributed by atoms with Gasteiger partial charge in [0.2, 0.25) is 5.89 Å². The van der Waals surface area contributed by atoms with Crippen LogP contribution in [0.25, 0.3) is 33.9 Å². The molecule has 3 N–H and O–H groups in total. The lowest BCUT2D eigenvalue weighted by Gasteiger charge is -2.10. The summed E-state index contributed by atoms with van der Waals surface area (Å²) < 4.78 is 12.4. The molecule has 9 heteroatoms. The van der Waals surface area contributed by atoms with Gasteiger partial charge in [-0.15, -0.1) is 0 Å². The maximum Gasteiger partial charge on any atom is 0.293 e. The molecule has 2 aromatic heterocycles. The van der Waals surface area contributed by atoms with Gasteiger partial charge in [0.05, 0.1) is 5.56 Å². The number of carbonyl (C=O) groups is 1. The van der Waals surface area contributed by atoms with Crippen molar-refractivity contribution in [3.63, 3.8) is 0 Å². The van der Waals surface area contributed by atoms with Crippen molar-refractivity contribution in [2.45, 2.75) is 6.92 Å². The van der Waals surface area contributed by atoms with E-state index >= 15 is 0 Å². The van der Waals surface area contributed by atoms with Crippen molar-refractivity contribution in [3.05, 3.63) is 88.6 Å². The van der Waals surface area contributed by atoms with Gasteiger partial charge in [-0.3, -0.25) is 10.1 Å². The minimum Gasteiger partial charge on any atom is -0.507 e. The van der Waals surface area contributed by atoms with Gasteiger partial charge in [-0.2, -0.15) is 0 Å². The molecule has 0 fully saturated rings. The fourth-order valence-electron chi connectivity index (χ4n) is 3.49. The maximum atomic E-state index is 12.6. The first-order valence-electron chi connectivity index (χ1n) is 10.5. The standard InChI is InChI=1S/C26H18BrN3O4S/c1-14-2-9-22-19(12-14)29-25(34-22)18-13-17(7-8-20(18)31)28-26(35)30-24(32)23-11-10-21(33-23)15-3-5-16(27)6-4-15/h2-13,31H,1H3,(H2,28,30,32,35). The van der Waals surface area contributed by atoms with E-state index in [2.05, 4.69) is 31.5 Å². The van der Waals surface area contributed by atoms with Gasteiger partial charge in [-0.25, -0.2) is 4.98 Å². The molecule has 5 aromatic rings. The van der Waals surface area contributed by atoms with Crippen molar-refractivity contribution in [3.8, 4) is 28.5 Å². The Morgan fingerprint density at radius 1 is 1.00 bits per heavy atom. The van der Waals surface area contributed by atoms with Crippen LogP contribution in [-0.4, -0.2) is 21.1 Å². The number of thiocarbonyl (C=S) groups is 1. The maximum absolute atomic E-state index is 12.6. The highest BCUT2D eigenvalue weighted by Crippen LogP contribution is 2.33. The minimum absolute atomic E-state index is 0.00448. The molecule has 0 bridgehead atoms. The number of benzene rings is 3. The summed E-state index contributed by atoms with van der Waals surface area (Å²) in [6.07, 6.45) is 0. The number of carbonyl (C=O) groups excluding carboxylic acids is 1. The van der Waals surface area contributed by atoms with Crippen LogP contribution < -0.4 is 10.6 Å². The van der Waals surface area contributed by atoms with E-state index < -0.39 is 5.91 Å². The van der Waals surface area contributed by atoms with E-state index in [-0.39, 0.29) is 22.5 Å². The van der Waals surface area contributed by atoms with E-state index in [1.165, 1.54) is 6.07 Å². The number of fused-ring (bicyclic) bond motifs is 1. The Labute approximate surface area is 213 Å². The van der Waals surface area contributed by atoms with E-state index in [1.807, 2.05) is 49.4 Å². The van der Waals surface area contributed by atoms with Crippen molar-refractivity contribution < 1.29 is 18.7 Å². The molecule has 0 aliphatic rings. The van der Waals surface area contributed by atoms with Crippen LogP contribution in [0.4, 0.5) is 5.69 Å². The number of hydrogen-bond acceptors (Lipinski definition) is 6. The number of aromatic nitrogens is 1. The van der Waals surface area contributed by atoms with Crippen LogP contribution in [0, 0.1) is 6.92 Å². The smallest absolute Gasteiger partial charge is 0.293 e. The van der Waals surface area contributed by atoms with Crippen LogP contribution in [-0.2, 0) is 0 Å². The van der Waals surface area contributed by atoms with E-state index in [0.29, 0.717) is 28.1 Å². The molecule has 3 aromatic carbocycles. The Kier molecular flexibility index (Phi) is 6.10. The third-order valence-corrected chi connectivity index (χ3v) is 5.95. The molecule has 174 valence electrons. The SMILES string of the molecule is Cc1ccc2oc(-c3cc(NC(=S)NC(=O)c4ccc(-c5ccc(Br)cc5)o4)ccc3O)nc2c1. The van der Waals surface area contributed by atoms with Crippen molar-refractivity contribution in [2.24, 2.45) is 0 Å². The molecule has 0 unspecified atom stereocenters. The number of nitrogens with one attached hydrogen (secondary N) is 2. The van der Waals surface area contributed by atoms with E-state index in [1.54, 1.807) is 24.3 Å². The van der Waals surface area contributed by atoms with Gasteiger partial charge in [0.25, 0.3) is 5.91 Å². The molecule has 0 aliphatic carbocycles. The first kappa shape index (κ1) is 22.8. The van der Waals surface area contributed by atoms with Crippen molar-refractivity contribution in [1.82, 2.24) is 10.3 Å². The first-order chi connectivity index (χ1) is 16.9. The normalized spacial score (nSPS) is 10.9. The number of oxazole rings is 1. The Hall–Kier alpha value is -3.95. The lowest BCUT2D eigenvalue weighted by atomic mass is 10.1. The van der Waals surface area contributed by atoms with Crippen molar-refractivity contribution in [2.75, 3.05) is 5.32 Å². The average molecular weight is 548 g/mol. The van der Waals surface area contributed by atoms with Gasteiger partial charge in [-0.1, -0.05) is 34.1 Å². The number of anilines is 1. The summed E-state index contributed by atoms with van der Waals surface area (Å²) in [7, 11) is 0. The second kappa shape index (κ2) is 9.36. The molecule has 0 spiro atoms. The van der Waals surface area contributed by atoms with Crippen LogP contribution in [0.1, 0.15) is 16.1 Å². The van der Waals surface area contributed by atoms with Crippen molar-refractivity contribution in [1.29, 1.82) is 0 Å². The highest BCUT2D eigenvalue weighted by molar-refractivity contribution is 9.10. The second-order valence-corrected chi connectivity index (χ2v) is 9.13. The Morgan fingerprint density at radius 2 is 1.80 bits per heavy atom. The molecule has 1 amide bonds. The minimum atomic E-state index is -0.487. The zero-order valence-corrected chi connectivity index (χ0v) is 20.7.